The Morgan fingerprint density at radius 3 is 2.48 bits per heavy atom. The van der Waals surface area contributed by atoms with E-state index in [0.29, 0.717) is 24.8 Å². The molecule has 2 aliphatic carbocycles. The van der Waals surface area contributed by atoms with Crippen molar-refractivity contribution in [2.45, 2.75) is 82.3 Å². The Kier molecular flexibility index (Phi) is 6.62. The minimum absolute atomic E-state index is 0.0860. The second kappa shape index (κ2) is 9.03. The first kappa shape index (κ1) is 21.3. The van der Waals surface area contributed by atoms with E-state index < -0.39 is 25.1 Å². The lowest BCUT2D eigenvalue weighted by Gasteiger charge is -2.37. The molecule has 0 aromatic heterocycles. The molecule has 2 saturated carbocycles. The first-order chi connectivity index (χ1) is 13.9. The molecule has 1 amide bonds. The summed E-state index contributed by atoms with van der Waals surface area (Å²) in [4.78, 5) is 17.6. The van der Waals surface area contributed by atoms with Gasteiger partial charge in [0, 0.05) is 12.0 Å². The first-order valence-corrected chi connectivity index (χ1v) is 10.7. The highest BCUT2D eigenvalue weighted by atomic mass is 19.3. The van der Waals surface area contributed by atoms with Gasteiger partial charge in [-0.05, 0) is 69.2 Å². The van der Waals surface area contributed by atoms with E-state index in [0.717, 1.165) is 32.1 Å². The molecule has 166 valence electrons. The minimum atomic E-state index is -2.57. The molecule has 4 N–H and O–H groups in total. The normalized spacial score (nSPS) is 43.0. The molecule has 0 bridgehead atoms. The van der Waals surface area contributed by atoms with E-state index in [1.165, 1.54) is 0 Å². The molecule has 2 saturated heterocycles. The number of hydrogen-bond donors (Lipinski definition) is 4. The summed E-state index contributed by atoms with van der Waals surface area (Å²) in [6.07, 6.45) is -1.23. The lowest BCUT2D eigenvalue weighted by molar-refractivity contribution is -0.127. The average Bonchev–Trinajstić information content (AvgIpc) is 3.35. The van der Waals surface area contributed by atoms with E-state index in [-0.39, 0.29) is 36.4 Å². The Morgan fingerprint density at radius 1 is 0.966 bits per heavy atom. The number of alkyl halides is 4. The van der Waals surface area contributed by atoms with Crippen LogP contribution in [-0.2, 0) is 9.63 Å². The zero-order chi connectivity index (χ0) is 20.5. The largest absolute Gasteiger partial charge is 0.353 e. The maximum absolute atomic E-state index is 13.0. The van der Waals surface area contributed by atoms with Gasteiger partial charge >= 0.3 is 0 Å². The van der Waals surface area contributed by atoms with Crippen molar-refractivity contribution < 1.29 is 27.2 Å². The summed E-state index contributed by atoms with van der Waals surface area (Å²) in [6.45, 7) is 0.439. The summed E-state index contributed by atoms with van der Waals surface area (Å²) < 4.78 is 51.5. The monoisotopic (exact) mass is 422 g/mol. The maximum atomic E-state index is 13.0. The Morgan fingerprint density at radius 2 is 1.76 bits per heavy atom. The lowest BCUT2D eigenvalue weighted by Crippen LogP contribution is -2.50. The zero-order valence-electron chi connectivity index (χ0n) is 16.3. The Labute approximate surface area is 167 Å². The van der Waals surface area contributed by atoms with Crippen LogP contribution in [0, 0.1) is 23.7 Å². The van der Waals surface area contributed by atoms with Crippen LogP contribution in [0.15, 0.2) is 0 Å². The third-order valence-corrected chi connectivity index (χ3v) is 7.25. The summed E-state index contributed by atoms with van der Waals surface area (Å²) in [5, 5.41) is 8.75. The Bertz CT molecular complexity index is 584. The predicted molar refractivity (Wildman–Crippen MR) is 96.9 cm³/mol. The van der Waals surface area contributed by atoms with Gasteiger partial charge in [-0.1, -0.05) is 0 Å². The fourth-order valence-corrected chi connectivity index (χ4v) is 5.70. The fraction of sp³-hybridized carbons (Fsp3) is 0.947. The molecule has 6 nitrogen and oxygen atoms in total. The van der Waals surface area contributed by atoms with Gasteiger partial charge in [0.2, 0.25) is 5.91 Å². The molecule has 0 spiro atoms. The highest BCUT2D eigenvalue weighted by Gasteiger charge is 2.45. The summed E-state index contributed by atoms with van der Waals surface area (Å²) >= 11 is 0. The number of carbonyl (C=O) groups excluding carboxylic acids is 1. The molecule has 29 heavy (non-hydrogen) atoms. The van der Waals surface area contributed by atoms with Crippen LogP contribution in [0.2, 0.25) is 0 Å². The molecule has 7 unspecified atom stereocenters. The number of piperidine rings is 1. The summed E-state index contributed by atoms with van der Waals surface area (Å²) in [5.74, 6) is 0.565. The second-order valence-corrected chi connectivity index (χ2v) is 8.94. The standard InChI is InChI=1S/C19H30F4N4O2/c20-15(21)14-8-11(5-6-24-14)18(28)25-13-4-2-9-7-10(1-3-12(9)13)17-26-19(16(22)23)29-27-17/h9-17,19,24,26-27H,1-8H2,(H,25,28)/t9?,10?,11?,12?,13-,14?,17?,19?/m1/s1. The van der Waals surface area contributed by atoms with Crippen LogP contribution >= 0.6 is 0 Å². The molecule has 8 atom stereocenters. The first-order valence-electron chi connectivity index (χ1n) is 10.7. The van der Waals surface area contributed by atoms with Crippen molar-refractivity contribution >= 4 is 5.91 Å². The van der Waals surface area contributed by atoms with E-state index in [4.69, 9.17) is 4.84 Å². The van der Waals surface area contributed by atoms with Gasteiger partial charge in [0.1, 0.15) is 0 Å². The quantitative estimate of drug-likeness (QED) is 0.510. The number of amides is 1. The summed E-state index contributed by atoms with van der Waals surface area (Å²) in [6, 6.07) is -0.820. The number of hydroxylamine groups is 1. The maximum Gasteiger partial charge on any atom is 0.279 e. The number of halogens is 4. The van der Waals surface area contributed by atoms with Crippen LogP contribution in [0.3, 0.4) is 0 Å². The SMILES string of the molecule is O=C(N[C@@H]1CCC2CC(C3NOC(C(F)F)N3)CCC21)C1CCNC(C(F)F)C1. The van der Waals surface area contributed by atoms with Crippen molar-refractivity contribution in [2.24, 2.45) is 23.7 Å². The van der Waals surface area contributed by atoms with Gasteiger partial charge in [-0.25, -0.2) is 17.6 Å². The second-order valence-electron chi connectivity index (χ2n) is 8.94. The van der Waals surface area contributed by atoms with Gasteiger partial charge in [0.05, 0.1) is 12.2 Å². The fourth-order valence-electron chi connectivity index (χ4n) is 5.70. The van der Waals surface area contributed by atoms with E-state index >= 15 is 0 Å². The molecule has 10 heteroatoms. The van der Waals surface area contributed by atoms with E-state index in [2.05, 4.69) is 21.4 Å². The van der Waals surface area contributed by atoms with E-state index in [1.54, 1.807) is 0 Å². The molecule has 0 aromatic rings. The molecule has 4 aliphatic rings. The van der Waals surface area contributed by atoms with Crippen LogP contribution in [0.1, 0.15) is 44.9 Å². The summed E-state index contributed by atoms with van der Waals surface area (Å²) in [7, 11) is 0. The molecule has 4 fully saturated rings. The van der Waals surface area contributed by atoms with Crippen LogP contribution in [0.4, 0.5) is 17.6 Å². The topological polar surface area (TPSA) is 74.4 Å². The third-order valence-electron chi connectivity index (χ3n) is 7.25. The molecular formula is C19H30F4N4O2. The van der Waals surface area contributed by atoms with Crippen LogP contribution in [-0.4, -0.2) is 49.8 Å². The van der Waals surface area contributed by atoms with Gasteiger partial charge in [0.15, 0.2) is 6.23 Å². The van der Waals surface area contributed by atoms with Gasteiger partial charge in [0.25, 0.3) is 12.9 Å². The van der Waals surface area contributed by atoms with Gasteiger partial charge in [-0.2, -0.15) is 5.48 Å². The van der Waals surface area contributed by atoms with Gasteiger partial charge in [-0.3, -0.25) is 14.9 Å². The average molecular weight is 422 g/mol. The van der Waals surface area contributed by atoms with Crippen molar-refractivity contribution in [3.63, 3.8) is 0 Å². The molecule has 4 rings (SSSR count). The minimum Gasteiger partial charge on any atom is -0.353 e. The molecule has 0 radical (unpaired) electrons. The van der Waals surface area contributed by atoms with Crippen LogP contribution in [0.5, 0.6) is 0 Å². The number of nitrogens with one attached hydrogen (secondary N) is 4. The van der Waals surface area contributed by atoms with E-state index in [9.17, 15) is 22.4 Å². The predicted octanol–water partition coefficient (Wildman–Crippen LogP) is 1.97. The van der Waals surface area contributed by atoms with Crippen LogP contribution in [0.25, 0.3) is 0 Å². The lowest BCUT2D eigenvalue weighted by atomic mass is 9.73. The molecule has 2 heterocycles. The summed E-state index contributed by atoms with van der Waals surface area (Å²) in [5.41, 5.74) is 2.71. The van der Waals surface area contributed by atoms with E-state index in [1.807, 2.05) is 0 Å². The number of hydrogen-bond acceptors (Lipinski definition) is 5. The van der Waals surface area contributed by atoms with Gasteiger partial charge in [-0.15, -0.1) is 0 Å². The van der Waals surface area contributed by atoms with Crippen molar-refractivity contribution in [2.75, 3.05) is 6.54 Å². The molecule has 0 aromatic carbocycles. The Hall–Kier alpha value is -0.970. The van der Waals surface area contributed by atoms with Crippen molar-refractivity contribution in [1.29, 1.82) is 0 Å². The van der Waals surface area contributed by atoms with Crippen molar-refractivity contribution in [1.82, 2.24) is 21.4 Å². The zero-order valence-corrected chi connectivity index (χ0v) is 16.3. The van der Waals surface area contributed by atoms with Crippen molar-refractivity contribution in [3.8, 4) is 0 Å². The van der Waals surface area contributed by atoms with Crippen LogP contribution < -0.4 is 21.4 Å². The highest BCUT2D eigenvalue weighted by molar-refractivity contribution is 5.79. The number of rotatable bonds is 5. The molecular weight excluding hydrogens is 392 g/mol. The molecule has 2 aliphatic heterocycles. The number of fused-ring (bicyclic) bond motifs is 1. The smallest absolute Gasteiger partial charge is 0.279 e. The van der Waals surface area contributed by atoms with Crippen molar-refractivity contribution in [3.05, 3.63) is 0 Å². The highest BCUT2D eigenvalue weighted by Crippen LogP contribution is 2.45. The van der Waals surface area contributed by atoms with Gasteiger partial charge < -0.3 is 10.6 Å². The third kappa shape index (κ3) is 4.70. The Balaban J connectivity index is 1.27. The number of carbonyl (C=O) groups is 1.